The molecule has 0 spiro atoms. The number of nitrogens with zero attached hydrogens (tertiary/aromatic N) is 1. The Balaban J connectivity index is 2.04. The molecule has 0 bridgehead atoms. The lowest BCUT2D eigenvalue weighted by Crippen LogP contribution is -2.40. The molecule has 1 radical (unpaired) electrons. The third kappa shape index (κ3) is 1.89. The average Bonchev–Trinajstić information content (AvgIpc) is 2.71. The van der Waals surface area contributed by atoms with E-state index in [2.05, 4.69) is 6.07 Å². The van der Waals surface area contributed by atoms with Crippen LogP contribution in [0.4, 0.5) is 0 Å². The molecule has 0 atom stereocenters. The second kappa shape index (κ2) is 3.89. The van der Waals surface area contributed by atoms with Gasteiger partial charge in [0, 0.05) is 13.1 Å². The minimum atomic E-state index is 0.106. The Bertz CT molecular complexity index is 278. The Morgan fingerprint density at radius 3 is 2.92 bits per heavy atom. The molecule has 0 aliphatic carbocycles. The van der Waals surface area contributed by atoms with Gasteiger partial charge in [0.2, 0.25) is 0 Å². The topological polar surface area (TPSA) is 29.5 Å². The zero-order valence-corrected chi connectivity index (χ0v) is 7.97. The molecule has 4 heteroatoms. The van der Waals surface area contributed by atoms with Crippen LogP contribution in [0.1, 0.15) is 9.67 Å². The number of rotatable bonds is 1. The summed E-state index contributed by atoms with van der Waals surface area (Å²) in [6, 6.07) is 4.63. The monoisotopic (exact) mass is 196 g/mol. The highest BCUT2D eigenvalue weighted by Crippen LogP contribution is 2.12. The number of thiophene rings is 1. The molecule has 0 unspecified atom stereocenters. The van der Waals surface area contributed by atoms with Crippen LogP contribution in [0, 0.1) is 6.07 Å². The molecule has 1 fully saturated rings. The number of hydrogen-bond donors (Lipinski definition) is 0. The van der Waals surface area contributed by atoms with Crippen molar-refractivity contribution < 1.29 is 9.53 Å². The summed E-state index contributed by atoms with van der Waals surface area (Å²) in [6.07, 6.45) is 0. The zero-order chi connectivity index (χ0) is 9.10. The summed E-state index contributed by atoms with van der Waals surface area (Å²) in [7, 11) is 0. The van der Waals surface area contributed by atoms with Crippen LogP contribution in [0.25, 0.3) is 0 Å². The van der Waals surface area contributed by atoms with Crippen LogP contribution in [0.2, 0.25) is 0 Å². The van der Waals surface area contributed by atoms with Crippen molar-refractivity contribution in [2.75, 3.05) is 26.3 Å². The van der Waals surface area contributed by atoms with E-state index in [1.165, 1.54) is 11.3 Å². The van der Waals surface area contributed by atoms with Gasteiger partial charge in [-0.25, -0.2) is 0 Å². The highest BCUT2D eigenvalue weighted by molar-refractivity contribution is 7.12. The molecule has 1 aliphatic rings. The fourth-order valence-electron chi connectivity index (χ4n) is 1.28. The third-order valence-electron chi connectivity index (χ3n) is 1.98. The van der Waals surface area contributed by atoms with E-state index < -0.39 is 0 Å². The van der Waals surface area contributed by atoms with Gasteiger partial charge in [-0.05, 0) is 17.5 Å². The van der Waals surface area contributed by atoms with Crippen molar-refractivity contribution in [3.63, 3.8) is 0 Å². The molecule has 69 valence electrons. The number of morpholine rings is 1. The Hall–Kier alpha value is -0.870. The molecule has 2 heterocycles. The van der Waals surface area contributed by atoms with Gasteiger partial charge in [0.1, 0.15) is 0 Å². The number of carbonyl (C=O) groups is 1. The van der Waals surface area contributed by atoms with Crippen LogP contribution in [-0.2, 0) is 4.74 Å². The van der Waals surface area contributed by atoms with Gasteiger partial charge in [-0.2, -0.15) is 0 Å². The molecular weight excluding hydrogens is 186 g/mol. The first kappa shape index (κ1) is 8.72. The van der Waals surface area contributed by atoms with E-state index in [1.54, 1.807) is 11.4 Å². The molecular formula is C9H10NO2S. The summed E-state index contributed by atoms with van der Waals surface area (Å²) >= 11 is 1.44. The van der Waals surface area contributed by atoms with Crippen molar-refractivity contribution in [2.24, 2.45) is 0 Å². The fraction of sp³-hybridized carbons (Fsp3) is 0.444. The quantitative estimate of drug-likeness (QED) is 0.671. The van der Waals surface area contributed by atoms with Crippen LogP contribution in [0.15, 0.2) is 11.4 Å². The van der Waals surface area contributed by atoms with Crippen LogP contribution in [0.5, 0.6) is 0 Å². The predicted octanol–water partition coefficient (Wildman–Crippen LogP) is 1.02. The summed E-state index contributed by atoms with van der Waals surface area (Å²) in [6.45, 7) is 2.72. The van der Waals surface area contributed by atoms with Crippen molar-refractivity contribution in [1.82, 2.24) is 4.90 Å². The van der Waals surface area contributed by atoms with Gasteiger partial charge in [-0.1, -0.05) is 0 Å². The maximum Gasteiger partial charge on any atom is 0.264 e. The second-order valence-electron chi connectivity index (χ2n) is 2.82. The number of ether oxygens (including phenoxy) is 1. The number of amides is 1. The van der Waals surface area contributed by atoms with Crippen molar-refractivity contribution in [3.8, 4) is 0 Å². The van der Waals surface area contributed by atoms with Gasteiger partial charge in [0.05, 0.1) is 18.1 Å². The molecule has 2 rings (SSSR count). The summed E-state index contributed by atoms with van der Waals surface area (Å²) < 4.78 is 5.17. The maximum absolute atomic E-state index is 11.7. The molecule has 13 heavy (non-hydrogen) atoms. The zero-order valence-electron chi connectivity index (χ0n) is 7.16. The smallest absolute Gasteiger partial charge is 0.264 e. The van der Waals surface area contributed by atoms with Crippen molar-refractivity contribution in [3.05, 3.63) is 22.4 Å². The summed E-state index contributed by atoms with van der Waals surface area (Å²) in [5, 5.41) is 1.80. The Morgan fingerprint density at radius 1 is 1.54 bits per heavy atom. The first-order chi connectivity index (χ1) is 6.38. The largest absolute Gasteiger partial charge is 0.378 e. The number of hydrogen-bond acceptors (Lipinski definition) is 3. The van der Waals surface area contributed by atoms with Gasteiger partial charge < -0.3 is 9.64 Å². The molecule has 1 aliphatic heterocycles. The van der Waals surface area contributed by atoms with Gasteiger partial charge in [0.15, 0.2) is 0 Å². The van der Waals surface area contributed by atoms with E-state index in [9.17, 15) is 4.79 Å². The summed E-state index contributed by atoms with van der Waals surface area (Å²) in [5.74, 6) is 0.106. The van der Waals surface area contributed by atoms with Gasteiger partial charge in [0.25, 0.3) is 5.91 Å². The van der Waals surface area contributed by atoms with E-state index in [0.717, 1.165) is 4.88 Å². The van der Waals surface area contributed by atoms with Gasteiger partial charge in [-0.15, -0.1) is 11.3 Å². The normalized spacial score (nSPS) is 17.4. The van der Waals surface area contributed by atoms with Crippen molar-refractivity contribution in [1.29, 1.82) is 0 Å². The lowest BCUT2D eigenvalue weighted by molar-refractivity contribution is 0.0306. The van der Waals surface area contributed by atoms with Gasteiger partial charge >= 0.3 is 0 Å². The highest BCUT2D eigenvalue weighted by Gasteiger charge is 2.18. The molecule has 1 amide bonds. The minimum Gasteiger partial charge on any atom is -0.378 e. The fourth-order valence-corrected chi connectivity index (χ4v) is 1.90. The summed E-state index contributed by atoms with van der Waals surface area (Å²) in [4.78, 5) is 14.3. The molecule has 1 saturated heterocycles. The summed E-state index contributed by atoms with van der Waals surface area (Å²) in [5.41, 5.74) is 0. The first-order valence-electron chi connectivity index (χ1n) is 4.19. The molecule has 0 saturated carbocycles. The third-order valence-corrected chi connectivity index (χ3v) is 2.78. The standard InChI is InChI=1S/C9H10NO2S/c11-9(8-2-1-7-13-8)10-3-5-12-6-4-10/h2,7H,3-6H2. The Kier molecular flexibility index (Phi) is 2.61. The minimum absolute atomic E-state index is 0.106. The van der Waals surface area contributed by atoms with Gasteiger partial charge in [-0.3, -0.25) is 4.79 Å². The van der Waals surface area contributed by atoms with Crippen LogP contribution >= 0.6 is 11.3 Å². The Morgan fingerprint density at radius 2 is 2.31 bits per heavy atom. The lowest BCUT2D eigenvalue weighted by Gasteiger charge is -2.26. The molecule has 0 aromatic carbocycles. The molecule has 0 N–H and O–H groups in total. The predicted molar refractivity (Wildman–Crippen MR) is 49.9 cm³/mol. The van der Waals surface area contributed by atoms with Crippen LogP contribution < -0.4 is 0 Å². The molecule has 1 aromatic rings. The van der Waals surface area contributed by atoms with E-state index >= 15 is 0 Å². The van der Waals surface area contributed by atoms with Crippen LogP contribution in [-0.4, -0.2) is 37.1 Å². The molecule has 1 aromatic heterocycles. The van der Waals surface area contributed by atoms with Crippen molar-refractivity contribution >= 4 is 17.2 Å². The number of carbonyl (C=O) groups excluding carboxylic acids is 1. The van der Waals surface area contributed by atoms with E-state index in [1.807, 2.05) is 4.90 Å². The average molecular weight is 196 g/mol. The van der Waals surface area contributed by atoms with E-state index in [4.69, 9.17) is 4.74 Å². The maximum atomic E-state index is 11.7. The second-order valence-corrected chi connectivity index (χ2v) is 3.73. The van der Waals surface area contributed by atoms with E-state index in [0.29, 0.717) is 26.3 Å². The first-order valence-corrected chi connectivity index (χ1v) is 5.07. The molecule has 3 nitrogen and oxygen atoms in total. The van der Waals surface area contributed by atoms with E-state index in [-0.39, 0.29) is 5.91 Å². The highest BCUT2D eigenvalue weighted by atomic mass is 32.1. The van der Waals surface area contributed by atoms with Crippen molar-refractivity contribution in [2.45, 2.75) is 0 Å². The SMILES string of the molecule is O=C(c1c[c]cs1)N1CCOCC1. The lowest BCUT2D eigenvalue weighted by atomic mass is 10.3. The Labute approximate surface area is 80.9 Å². The van der Waals surface area contributed by atoms with Crippen LogP contribution in [0.3, 0.4) is 0 Å².